The van der Waals surface area contributed by atoms with Crippen molar-refractivity contribution in [1.29, 1.82) is 0 Å². The van der Waals surface area contributed by atoms with Crippen LogP contribution in [0.3, 0.4) is 0 Å². The van der Waals surface area contributed by atoms with E-state index in [0.29, 0.717) is 22.0 Å². The molecule has 0 bridgehead atoms. The van der Waals surface area contributed by atoms with Gasteiger partial charge >= 0.3 is 0 Å². The Labute approximate surface area is 145 Å². The highest BCUT2D eigenvalue weighted by atomic mass is 35.5. The van der Waals surface area contributed by atoms with Crippen LogP contribution < -0.4 is 10.1 Å². The number of hydrogen-bond donors (Lipinski definition) is 2. The van der Waals surface area contributed by atoms with Crippen molar-refractivity contribution >= 4 is 35.1 Å². The first-order chi connectivity index (χ1) is 11.4. The second-order valence-corrected chi connectivity index (χ2v) is 5.93. The molecule has 0 atom stereocenters. The summed E-state index contributed by atoms with van der Waals surface area (Å²) in [5.74, 6) is 0.0817. The third kappa shape index (κ3) is 4.49. The molecule has 2 aromatic carbocycles. The number of nitrogens with one attached hydrogen (secondary N) is 1. The maximum Gasteiger partial charge on any atom is 0.226 e. The van der Waals surface area contributed by atoms with Gasteiger partial charge in [0.15, 0.2) is 11.5 Å². The Morgan fingerprint density at radius 1 is 1.33 bits per heavy atom. The molecular weight excluding hydrogens is 328 g/mol. The number of aromatic hydroxyl groups is 1. The second-order valence-electron chi connectivity index (χ2n) is 5.50. The van der Waals surface area contributed by atoms with Crippen LogP contribution in [0.2, 0.25) is 5.02 Å². The predicted molar refractivity (Wildman–Crippen MR) is 96.8 cm³/mol. The first-order valence-electron chi connectivity index (χ1n) is 7.42. The minimum absolute atomic E-state index is 0.0325. The first kappa shape index (κ1) is 17.8. The molecule has 0 fully saturated rings. The number of carbonyl (C=O) groups excluding carboxylic acids is 1. The molecule has 0 heterocycles. The van der Waals surface area contributed by atoms with Gasteiger partial charge in [0.25, 0.3) is 0 Å². The van der Waals surface area contributed by atoms with Gasteiger partial charge in [-0.05, 0) is 24.3 Å². The smallest absolute Gasteiger partial charge is 0.226 e. The Morgan fingerprint density at radius 2 is 2.08 bits per heavy atom. The van der Waals surface area contributed by atoms with Crippen LogP contribution in [-0.2, 0) is 4.79 Å². The molecule has 0 spiro atoms. The molecule has 0 saturated heterocycles. The molecule has 5 nitrogen and oxygen atoms in total. The van der Waals surface area contributed by atoms with Crippen LogP contribution in [-0.4, -0.2) is 24.3 Å². The van der Waals surface area contributed by atoms with Gasteiger partial charge in [-0.1, -0.05) is 31.5 Å². The van der Waals surface area contributed by atoms with E-state index < -0.39 is 0 Å². The molecule has 2 aromatic rings. The highest BCUT2D eigenvalue weighted by molar-refractivity contribution is 6.31. The molecule has 2 rings (SSSR count). The standard InChI is InChI=1S/C18H19ClN2O3/c1-11(2)18(23)21-15-6-4-5-14(9-15)20-10-12-7-13(19)8-16(24-3)17(12)22/h4-11,22H,1-3H3,(H,21,23). The molecule has 0 aliphatic carbocycles. The lowest BCUT2D eigenvalue weighted by Gasteiger charge is -2.08. The number of amides is 1. The number of aliphatic imine (C=N–C) groups is 1. The van der Waals surface area contributed by atoms with E-state index in [-0.39, 0.29) is 23.3 Å². The number of benzene rings is 2. The van der Waals surface area contributed by atoms with Crippen molar-refractivity contribution in [2.24, 2.45) is 10.9 Å². The third-order valence-corrected chi connectivity index (χ3v) is 3.50. The predicted octanol–water partition coefficient (Wildman–Crippen LogP) is 4.40. The molecule has 2 N–H and O–H groups in total. The molecule has 0 saturated carbocycles. The van der Waals surface area contributed by atoms with Crippen molar-refractivity contribution < 1.29 is 14.6 Å². The van der Waals surface area contributed by atoms with Crippen LogP contribution in [0, 0.1) is 5.92 Å². The van der Waals surface area contributed by atoms with Crippen molar-refractivity contribution in [2.75, 3.05) is 12.4 Å². The average Bonchev–Trinajstić information content (AvgIpc) is 2.55. The number of ether oxygens (including phenoxy) is 1. The lowest BCUT2D eigenvalue weighted by molar-refractivity contribution is -0.118. The SMILES string of the molecule is COc1cc(Cl)cc(C=Nc2cccc(NC(=O)C(C)C)c2)c1O. The number of halogens is 1. The third-order valence-electron chi connectivity index (χ3n) is 3.28. The van der Waals surface area contributed by atoms with Crippen molar-refractivity contribution in [3.63, 3.8) is 0 Å². The summed E-state index contributed by atoms with van der Waals surface area (Å²) in [6.07, 6.45) is 1.49. The number of phenols is 1. The summed E-state index contributed by atoms with van der Waals surface area (Å²) in [6.45, 7) is 3.65. The van der Waals surface area contributed by atoms with E-state index in [0.717, 1.165) is 0 Å². The Bertz CT molecular complexity index is 773. The first-order valence-corrected chi connectivity index (χ1v) is 7.80. The van der Waals surface area contributed by atoms with Gasteiger partial charge in [0.05, 0.1) is 12.8 Å². The number of phenolic OH excluding ortho intramolecular Hbond substituents is 1. The van der Waals surface area contributed by atoms with Crippen molar-refractivity contribution in [3.05, 3.63) is 47.0 Å². The maximum atomic E-state index is 11.7. The fourth-order valence-electron chi connectivity index (χ4n) is 1.94. The summed E-state index contributed by atoms with van der Waals surface area (Å²) >= 11 is 5.99. The van der Waals surface area contributed by atoms with Crippen molar-refractivity contribution in [1.82, 2.24) is 0 Å². The van der Waals surface area contributed by atoms with Crippen molar-refractivity contribution in [3.8, 4) is 11.5 Å². The molecular formula is C18H19ClN2O3. The summed E-state index contributed by atoms with van der Waals surface area (Å²) in [5, 5.41) is 13.3. The van der Waals surface area contributed by atoms with Gasteiger partial charge in [0.1, 0.15) is 0 Å². The lowest BCUT2D eigenvalue weighted by atomic mass is 10.2. The Morgan fingerprint density at radius 3 is 2.75 bits per heavy atom. The van der Waals surface area contributed by atoms with Crippen LogP contribution in [0.1, 0.15) is 19.4 Å². The molecule has 0 aliphatic rings. The Hall–Kier alpha value is -2.53. The van der Waals surface area contributed by atoms with Crippen LogP contribution >= 0.6 is 11.6 Å². The normalized spacial score (nSPS) is 11.0. The fraction of sp³-hybridized carbons (Fsp3) is 0.222. The zero-order chi connectivity index (χ0) is 17.7. The summed E-state index contributed by atoms with van der Waals surface area (Å²) < 4.78 is 5.06. The summed E-state index contributed by atoms with van der Waals surface area (Å²) in [5.41, 5.74) is 1.74. The Balaban J connectivity index is 2.24. The second kappa shape index (κ2) is 7.84. The molecule has 126 valence electrons. The van der Waals surface area contributed by atoms with Gasteiger partial charge in [-0.25, -0.2) is 0 Å². The van der Waals surface area contributed by atoms with E-state index in [9.17, 15) is 9.90 Å². The fourth-order valence-corrected chi connectivity index (χ4v) is 2.16. The monoisotopic (exact) mass is 346 g/mol. The summed E-state index contributed by atoms with van der Waals surface area (Å²) in [6, 6.07) is 10.2. The van der Waals surface area contributed by atoms with Crippen LogP contribution in [0.4, 0.5) is 11.4 Å². The molecule has 24 heavy (non-hydrogen) atoms. The highest BCUT2D eigenvalue weighted by Gasteiger charge is 2.09. The van der Waals surface area contributed by atoms with Crippen molar-refractivity contribution in [2.45, 2.75) is 13.8 Å². The minimum Gasteiger partial charge on any atom is -0.504 e. The summed E-state index contributed by atoms with van der Waals surface area (Å²) in [7, 11) is 1.45. The molecule has 1 amide bonds. The van der Waals surface area contributed by atoms with Gasteiger partial charge in [0.2, 0.25) is 5.91 Å². The number of anilines is 1. The summed E-state index contributed by atoms with van der Waals surface area (Å²) in [4.78, 5) is 16.1. The molecule has 0 aromatic heterocycles. The van der Waals surface area contributed by atoms with E-state index in [4.69, 9.17) is 16.3 Å². The number of rotatable bonds is 5. The van der Waals surface area contributed by atoms with E-state index in [2.05, 4.69) is 10.3 Å². The van der Waals surface area contributed by atoms with E-state index in [1.54, 1.807) is 30.3 Å². The highest BCUT2D eigenvalue weighted by Crippen LogP contribution is 2.32. The topological polar surface area (TPSA) is 70.9 Å². The lowest BCUT2D eigenvalue weighted by Crippen LogP contribution is -2.17. The number of nitrogens with zero attached hydrogens (tertiary/aromatic N) is 1. The van der Waals surface area contributed by atoms with E-state index in [1.165, 1.54) is 19.4 Å². The quantitative estimate of drug-likeness (QED) is 0.788. The average molecular weight is 347 g/mol. The van der Waals surface area contributed by atoms with Gasteiger partial charge < -0.3 is 15.2 Å². The van der Waals surface area contributed by atoms with Crippen LogP contribution in [0.15, 0.2) is 41.4 Å². The number of carbonyl (C=O) groups is 1. The molecule has 0 radical (unpaired) electrons. The van der Waals surface area contributed by atoms with Gasteiger partial charge in [0, 0.05) is 34.5 Å². The molecule has 6 heteroatoms. The molecule has 0 unspecified atom stereocenters. The van der Waals surface area contributed by atoms with Crippen LogP contribution in [0.25, 0.3) is 0 Å². The Kier molecular flexibility index (Phi) is 5.82. The largest absolute Gasteiger partial charge is 0.504 e. The number of hydrogen-bond acceptors (Lipinski definition) is 4. The van der Waals surface area contributed by atoms with Gasteiger partial charge in [-0.15, -0.1) is 0 Å². The maximum absolute atomic E-state index is 11.7. The molecule has 0 aliphatic heterocycles. The van der Waals surface area contributed by atoms with E-state index in [1.807, 2.05) is 13.8 Å². The van der Waals surface area contributed by atoms with E-state index >= 15 is 0 Å². The number of methoxy groups -OCH3 is 1. The van der Waals surface area contributed by atoms with Gasteiger partial charge in [-0.2, -0.15) is 0 Å². The van der Waals surface area contributed by atoms with Crippen LogP contribution in [0.5, 0.6) is 11.5 Å². The zero-order valence-electron chi connectivity index (χ0n) is 13.7. The zero-order valence-corrected chi connectivity index (χ0v) is 14.5. The van der Waals surface area contributed by atoms with Gasteiger partial charge in [-0.3, -0.25) is 9.79 Å². The minimum atomic E-state index is -0.104.